The van der Waals surface area contributed by atoms with E-state index in [9.17, 15) is 4.39 Å². The van der Waals surface area contributed by atoms with Gasteiger partial charge in [0.1, 0.15) is 18.2 Å². The van der Waals surface area contributed by atoms with Crippen LogP contribution in [0.25, 0.3) is 0 Å². The van der Waals surface area contributed by atoms with Gasteiger partial charge in [-0.3, -0.25) is 0 Å². The topological polar surface area (TPSA) is 9.23 Å². The number of halogens is 1. The van der Waals surface area contributed by atoms with E-state index in [2.05, 4.69) is 13.8 Å². The molecular formula is C16H17FO. The van der Waals surface area contributed by atoms with Crippen molar-refractivity contribution in [3.8, 4) is 5.75 Å². The average molecular weight is 244 g/mol. The summed E-state index contributed by atoms with van der Waals surface area (Å²) in [6.07, 6.45) is 0. The zero-order chi connectivity index (χ0) is 13.0. The fourth-order valence-corrected chi connectivity index (χ4v) is 1.86. The van der Waals surface area contributed by atoms with Crippen LogP contribution in [0.15, 0.2) is 48.5 Å². The van der Waals surface area contributed by atoms with E-state index >= 15 is 0 Å². The molecule has 0 aliphatic heterocycles. The molecule has 0 fully saturated rings. The van der Waals surface area contributed by atoms with E-state index in [-0.39, 0.29) is 12.4 Å². The monoisotopic (exact) mass is 244 g/mol. The standard InChI is InChI=1S/C16H17FO/c1-12(2)14-8-4-6-10-16(14)18-11-13-7-3-5-9-15(13)17/h3-10,12H,11H2,1-2H3. The molecule has 2 aromatic carbocycles. The highest BCUT2D eigenvalue weighted by Crippen LogP contribution is 2.26. The van der Waals surface area contributed by atoms with Crippen LogP contribution in [0.3, 0.4) is 0 Å². The molecule has 94 valence electrons. The third kappa shape index (κ3) is 2.89. The fraction of sp³-hybridized carbons (Fsp3) is 0.250. The van der Waals surface area contributed by atoms with Gasteiger partial charge in [-0.15, -0.1) is 0 Å². The Labute approximate surface area is 107 Å². The van der Waals surface area contributed by atoms with Crippen molar-refractivity contribution in [2.45, 2.75) is 26.4 Å². The molecule has 2 rings (SSSR count). The van der Waals surface area contributed by atoms with E-state index in [1.54, 1.807) is 12.1 Å². The summed E-state index contributed by atoms with van der Waals surface area (Å²) < 4.78 is 19.2. The minimum atomic E-state index is -0.223. The van der Waals surface area contributed by atoms with E-state index in [1.165, 1.54) is 6.07 Å². The number of para-hydroxylation sites is 1. The van der Waals surface area contributed by atoms with Crippen molar-refractivity contribution < 1.29 is 9.13 Å². The molecule has 0 aliphatic carbocycles. The zero-order valence-corrected chi connectivity index (χ0v) is 10.7. The van der Waals surface area contributed by atoms with Gasteiger partial charge in [-0.2, -0.15) is 0 Å². The van der Waals surface area contributed by atoms with Gasteiger partial charge in [-0.05, 0) is 23.6 Å². The van der Waals surface area contributed by atoms with Crippen LogP contribution in [0.4, 0.5) is 4.39 Å². The smallest absolute Gasteiger partial charge is 0.129 e. The van der Waals surface area contributed by atoms with Crippen LogP contribution < -0.4 is 4.74 Å². The van der Waals surface area contributed by atoms with E-state index in [1.807, 2.05) is 30.3 Å². The van der Waals surface area contributed by atoms with Crippen LogP contribution in [0.5, 0.6) is 5.75 Å². The van der Waals surface area contributed by atoms with Crippen molar-refractivity contribution in [3.63, 3.8) is 0 Å². The molecule has 0 spiro atoms. The molecular weight excluding hydrogens is 227 g/mol. The predicted octanol–water partition coefficient (Wildman–Crippen LogP) is 4.53. The SMILES string of the molecule is CC(C)c1ccccc1OCc1ccccc1F. The van der Waals surface area contributed by atoms with Gasteiger partial charge in [0.05, 0.1) is 0 Å². The lowest BCUT2D eigenvalue weighted by atomic mass is 10.0. The first-order chi connectivity index (χ1) is 8.68. The maximum atomic E-state index is 13.5. The average Bonchev–Trinajstić information content (AvgIpc) is 2.38. The molecule has 0 unspecified atom stereocenters. The Balaban J connectivity index is 2.14. The molecule has 18 heavy (non-hydrogen) atoms. The molecule has 2 heteroatoms. The van der Waals surface area contributed by atoms with Crippen LogP contribution >= 0.6 is 0 Å². The minimum Gasteiger partial charge on any atom is -0.489 e. The molecule has 0 aromatic heterocycles. The molecule has 0 atom stereocenters. The van der Waals surface area contributed by atoms with Crippen molar-refractivity contribution in [2.75, 3.05) is 0 Å². The van der Waals surface area contributed by atoms with Gasteiger partial charge in [0.15, 0.2) is 0 Å². The van der Waals surface area contributed by atoms with E-state index < -0.39 is 0 Å². The Morgan fingerprint density at radius 2 is 1.67 bits per heavy atom. The number of hydrogen-bond donors (Lipinski definition) is 0. The highest BCUT2D eigenvalue weighted by atomic mass is 19.1. The van der Waals surface area contributed by atoms with Gasteiger partial charge >= 0.3 is 0 Å². The first kappa shape index (κ1) is 12.6. The Hall–Kier alpha value is -1.83. The Bertz CT molecular complexity index is 520. The van der Waals surface area contributed by atoms with Crippen molar-refractivity contribution in [1.29, 1.82) is 0 Å². The summed E-state index contributed by atoms with van der Waals surface area (Å²) in [5, 5.41) is 0. The van der Waals surface area contributed by atoms with Crippen molar-refractivity contribution in [2.24, 2.45) is 0 Å². The Morgan fingerprint density at radius 1 is 1.00 bits per heavy atom. The first-order valence-corrected chi connectivity index (χ1v) is 6.13. The minimum absolute atomic E-state index is 0.223. The number of hydrogen-bond acceptors (Lipinski definition) is 1. The summed E-state index contributed by atoms with van der Waals surface area (Å²) in [6, 6.07) is 14.6. The van der Waals surface area contributed by atoms with Gasteiger partial charge < -0.3 is 4.74 Å². The second-order valence-corrected chi connectivity index (χ2v) is 4.57. The number of rotatable bonds is 4. The van der Waals surface area contributed by atoms with Gasteiger partial charge in [0.2, 0.25) is 0 Å². The van der Waals surface area contributed by atoms with Gasteiger partial charge in [0, 0.05) is 5.56 Å². The summed E-state index contributed by atoms with van der Waals surface area (Å²) in [5.74, 6) is 0.997. The number of ether oxygens (including phenoxy) is 1. The summed E-state index contributed by atoms with van der Waals surface area (Å²) >= 11 is 0. The van der Waals surface area contributed by atoms with Crippen LogP contribution in [0.1, 0.15) is 30.9 Å². The highest BCUT2D eigenvalue weighted by Gasteiger charge is 2.08. The van der Waals surface area contributed by atoms with Gasteiger partial charge in [0.25, 0.3) is 0 Å². The van der Waals surface area contributed by atoms with Gasteiger partial charge in [-0.25, -0.2) is 4.39 Å². The largest absolute Gasteiger partial charge is 0.489 e. The normalized spacial score (nSPS) is 10.7. The lowest BCUT2D eigenvalue weighted by molar-refractivity contribution is 0.295. The van der Waals surface area contributed by atoms with Crippen LogP contribution in [0.2, 0.25) is 0 Å². The molecule has 0 amide bonds. The molecule has 2 aromatic rings. The molecule has 0 saturated heterocycles. The highest BCUT2D eigenvalue weighted by molar-refractivity contribution is 5.35. The third-order valence-electron chi connectivity index (χ3n) is 2.88. The lowest BCUT2D eigenvalue weighted by Crippen LogP contribution is -2.01. The summed E-state index contributed by atoms with van der Waals surface area (Å²) in [4.78, 5) is 0. The summed E-state index contributed by atoms with van der Waals surface area (Å²) in [7, 11) is 0. The molecule has 1 nitrogen and oxygen atoms in total. The Kier molecular flexibility index (Phi) is 3.98. The third-order valence-corrected chi connectivity index (χ3v) is 2.88. The zero-order valence-electron chi connectivity index (χ0n) is 10.7. The molecule has 0 aliphatic rings. The predicted molar refractivity (Wildman–Crippen MR) is 71.3 cm³/mol. The molecule has 0 saturated carbocycles. The van der Waals surface area contributed by atoms with Crippen LogP contribution in [-0.2, 0) is 6.61 Å². The summed E-state index contributed by atoms with van der Waals surface area (Å²) in [5.41, 5.74) is 1.73. The van der Waals surface area contributed by atoms with Crippen LogP contribution in [0, 0.1) is 5.82 Å². The van der Waals surface area contributed by atoms with E-state index in [4.69, 9.17) is 4.74 Å². The number of benzene rings is 2. The Morgan fingerprint density at radius 3 is 2.39 bits per heavy atom. The van der Waals surface area contributed by atoms with Crippen molar-refractivity contribution >= 4 is 0 Å². The maximum Gasteiger partial charge on any atom is 0.129 e. The van der Waals surface area contributed by atoms with Crippen LogP contribution in [-0.4, -0.2) is 0 Å². The quantitative estimate of drug-likeness (QED) is 0.767. The molecule has 0 bridgehead atoms. The fourth-order valence-electron chi connectivity index (χ4n) is 1.86. The second kappa shape index (κ2) is 5.67. The van der Waals surface area contributed by atoms with E-state index in [0.717, 1.165) is 11.3 Å². The maximum absolute atomic E-state index is 13.5. The first-order valence-electron chi connectivity index (χ1n) is 6.13. The second-order valence-electron chi connectivity index (χ2n) is 4.57. The van der Waals surface area contributed by atoms with Crippen molar-refractivity contribution in [1.82, 2.24) is 0 Å². The summed E-state index contributed by atoms with van der Waals surface area (Å²) in [6.45, 7) is 4.49. The van der Waals surface area contributed by atoms with E-state index in [0.29, 0.717) is 11.5 Å². The lowest BCUT2D eigenvalue weighted by Gasteiger charge is -2.14. The molecule has 0 N–H and O–H groups in total. The molecule has 0 heterocycles. The van der Waals surface area contributed by atoms with Gasteiger partial charge in [-0.1, -0.05) is 50.2 Å². The molecule has 0 radical (unpaired) electrons. The van der Waals surface area contributed by atoms with Crippen molar-refractivity contribution in [3.05, 3.63) is 65.5 Å².